The Hall–Kier alpha value is -1.06. The third-order valence-electron chi connectivity index (χ3n) is 5.70. The first-order valence-electron chi connectivity index (χ1n) is 7.20. The molecule has 2 N–H and O–H groups in total. The predicted octanol–water partition coefficient (Wildman–Crippen LogP) is 1.26. The summed E-state index contributed by atoms with van der Waals surface area (Å²) in [5, 5.41) is 11.9. The number of hydrogen-bond donors (Lipinski definition) is 2. The summed E-state index contributed by atoms with van der Waals surface area (Å²) in [5.41, 5.74) is 0. The highest BCUT2D eigenvalue weighted by Gasteiger charge is 2.67. The van der Waals surface area contributed by atoms with E-state index in [4.69, 9.17) is 5.11 Å². The average molecular weight is 249 g/mol. The molecule has 4 aliphatic carbocycles. The maximum atomic E-state index is 12.2. The third-order valence-corrected chi connectivity index (χ3v) is 5.70. The van der Waals surface area contributed by atoms with Crippen LogP contribution in [0, 0.1) is 35.5 Å². The number of fused-ring (bicyclic) bond motifs is 5. The number of nitrogens with one attached hydrogen (secondary N) is 1. The van der Waals surface area contributed by atoms with Crippen LogP contribution in [0.5, 0.6) is 0 Å². The van der Waals surface area contributed by atoms with Crippen LogP contribution >= 0.6 is 0 Å². The van der Waals surface area contributed by atoms with Crippen molar-refractivity contribution in [1.29, 1.82) is 0 Å². The summed E-state index contributed by atoms with van der Waals surface area (Å²) in [4.78, 5) is 23.3. The monoisotopic (exact) mass is 249 g/mol. The summed E-state index contributed by atoms with van der Waals surface area (Å²) >= 11 is 0. The molecule has 98 valence electrons. The molecular weight excluding hydrogens is 230 g/mol. The zero-order valence-electron chi connectivity index (χ0n) is 10.3. The van der Waals surface area contributed by atoms with Crippen molar-refractivity contribution in [1.82, 2.24) is 5.32 Å². The van der Waals surface area contributed by atoms with Crippen LogP contribution in [0.4, 0.5) is 0 Å². The van der Waals surface area contributed by atoms with Crippen LogP contribution in [0.2, 0.25) is 0 Å². The molecule has 4 aliphatic rings. The first-order chi connectivity index (χ1) is 8.66. The molecule has 4 rings (SSSR count). The van der Waals surface area contributed by atoms with Crippen LogP contribution in [0.1, 0.15) is 32.1 Å². The normalized spacial score (nSPS) is 45.4. The fourth-order valence-electron chi connectivity index (χ4n) is 4.74. The Bertz CT molecular complexity index is 401. The van der Waals surface area contributed by atoms with E-state index in [1.54, 1.807) is 0 Å². The Kier molecular flexibility index (Phi) is 2.10. The maximum absolute atomic E-state index is 12.2. The van der Waals surface area contributed by atoms with Crippen molar-refractivity contribution in [3.05, 3.63) is 0 Å². The van der Waals surface area contributed by atoms with Crippen LogP contribution in [0.25, 0.3) is 0 Å². The molecule has 0 saturated heterocycles. The number of hydrogen-bond acceptors (Lipinski definition) is 2. The molecule has 4 nitrogen and oxygen atoms in total. The minimum Gasteiger partial charge on any atom is -0.480 e. The molecular formula is C14H19NO3. The first-order valence-corrected chi connectivity index (χ1v) is 7.20. The maximum Gasteiger partial charge on any atom is 0.326 e. The highest BCUT2D eigenvalue weighted by molar-refractivity contribution is 5.87. The van der Waals surface area contributed by atoms with Crippen molar-refractivity contribution in [3.8, 4) is 0 Å². The predicted molar refractivity (Wildman–Crippen MR) is 63.6 cm³/mol. The number of carbonyl (C=O) groups is 2. The molecule has 18 heavy (non-hydrogen) atoms. The van der Waals surface area contributed by atoms with Gasteiger partial charge in [0.25, 0.3) is 0 Å². The van der Waals surface area contributed by atoms with Gasteiger partial charge in [-0.05, 0) is 61.7 Å². The van der Waals surface area contributed by atoms with E-state index in [-0.39, 0.29) is 17.7 Å². The van der Waals surface area contributed by atoms with Gasteiger partial charge in [0.15, 0.2) is 0 Å². The fraction of sp³-hybridized carbons (Fsp3) is 0.857. The topological polar surface area (TPSA) is 66.4 Å². The number of carboxylic acid groups (broad SMARTS) is 1. The Morgan fingerprint density at radius 3 is 2.17 bits per heavy atom. The van der Waals surface area contributed by atoms with Crippen molar-refractivity contribution < 1.29 is 14.7 Å². The van der Waals surface area contributed by atoms with Gasteiger partial charge < -0.3 is 10.4 Å². The van der Waals surface area contributed by atoms with Crippen LogP contribution in [-0.2, 0) is 9.59 Å². The molecule has 0 aromatic carbocycles. The van der Waals surface area contributed by atoms with Crippen LogP contribution in [0.15, 0.2) is 0 Å². The molecule has 0 spiro atoms. The Balaban J connectivity index is 1.41. The van der Waals surface area contributed by atoms with E-state index < -0.39 is 12.0 Å². The molecule has 5 unspecified atom stereocenters. The lowest BCUT2D eigenvalue weighted by Crippen LogP contribution is -2.43. The largest absolute Gasteiger partial charge is 0.480 e. The molecule has 1 amide bonds. The zero-order chi connectivity index (χ0) is 12.4. The Morgan fingerprint density at radius 1 is 1.06 bits per heavy atom. The molecule has 0 aromatic rings. The van der Waals surface area contributed by atoms with E-state index >= 15 is 0 Å². The van der Waals surface area contributed by atoms with Crippen molar-refractivity contribution in [2.45, 2.75) is 38.1 Å². The van der Waals surface area contributed by atoms with Crippen molar-refractivity contribution in [3.63, 3.8) is 0 Å². The highest BCUT2D eigenvalue weighted by Crippen LogP contribution is 2.69. The van der Waals surface area contributed by atoms with Crippen molar-refractivity contribution in [2.75, 3.05) is 0 Å². The van der Waals surface area contributed by atoms with E-state index in [1.807, 2.05) is 0 Å². The van der Waals surface area contributed by atoms with Gasteiger partial charge in [0, 0.05) is 5.92 Å². The van der Waals surface area contributed by atoms with Crippen molar-refractivity contribution in [2.24, 2.45) is 35.5 Å². The van der Waals surface area contributed by atoms with Gasteiger partial charge >= 0.3 is 5.97 Å². The highest BCUT2D eigenvalue weighted by atomic mass is 16.4. The average Bonchev–Trinajstić information content (AvgIpc) is 3.24. The molecule has 4 heteroatoms. The number of aliphatic carboxylic acids is 1. The van der Waals surface area contributed by atoms with E-state index in [0.717, 1.165) is 24.7 Å². The second kappa shape index (κ2) is 3.49. The number of amides is 1. The second-order valence-corrected chi connectivity index (χ2v) is 6.68. The van der Waals surface area contributed by atoms with Crippen LogP contribution in [-0.4, -0.2) is 23.0 Å². The minimum absolute atomic E-state index is 0.0286. The van der Waals surface area contributed by atoms with Crippen LogP contribution in [0.3, 0.4) is 0 Å². The van der Waals surface area contributed by atoms with E-state index in [9.17, 15) is 9.59 Å². The van der Waals surface area contributed by atoms with E-state index in [0.29, 0.717) is 11.8 Å². The molecule has 4 saturated carbocycles. The summed E-state index contributed by atoms with van der Waals surface area (Å²) in [6.07, 6.45) is 5.80. The Labute approximate surface area is 106 Å². The number of carbonyl (C=O) groups excluding carboxylic acids is 1. The molecule has 0 aliphatic heterocycles. The quantitative estimate of drug-likeness (QED) is 0.788. The van der Waals surface area contributed by atoms with Gasteiger partial charge in [-0.1, -0.05) is 0 Å². The fourth-order valence-corrected chi connectivity index (χ4v) is 4.74. The summed E-state index contributed by atoms with van der Waals surface area (Å²) < 4.78 is 0. The first kappa shape index (κ1) is 10.8. The van der Waals surface area contributed by atoms with Crippen molar-refractivity contribution >= 4 is 11.9 Å². The number of carboxylic acids is 1. The lowest BCUT2D eigenvalue weighted by Gasteiger charge is -2.15. The summed E-state index contributed by atoms with van der Waals surface area (Å²) in [6, 6.07) is -0.628. The molecule has 4 fully saturated rings. The van der Waals surface area contributed by atoms with Gasteiger partial charge in [-0.25, -0.2) is 4.79 Å². The minimum atomic E-state index is -0.861. The van der Waals surface area contributed by atoms with Gasteiger partial charge in [-0.15, -0.1) is 0 Å². The standard InChI is InChI=1S/C14H19NO3/c16-13(15-12(14(17)18)6-1-2-6)11-9-7-3-4-8(5-7)10(9)11/h6-12H,1-5H2,(H,15,16)(H,17,18). The molecule has 5 atom stereocenters. The zero-order valence-corrected chi connectivity index (χ0v) is 10.3. The summed E-state index contributed by atoms with van der Waals surface area (Å²) in [6.45, 7) is 0. The van der Waals surface area contributed by atoms with E-state index in [2.05, 4.69) is 5.32 Å². The second-order valence-electron chi connectivity index (χ2n) is 6.68. The Morgan fingerprint density at radius 2 is 1.67 bits per heavy atom. The van der Waals surface area contributed by atoms with E-state index in [1.165, 1.54) is 19.3 Å². The van der Waals surface area contributed by atoms with Gasteiger partial charge in [0.2, 0.25) is 5.91 Å². The van der Waals surface area contributed by atoms with Gasteiger partial charge in [0.05, 0.1) is 0 Å². The summed E-state index contributed by atoms with van der Waals surface area (Å²) in [5.74, 6) is 2.22. The molecule has 0 heterocycles. The summed E-state index contributed by atoms with van der Waals surface area (Å²) in [7, 11) is 0. The van der Waals surface area contributed by atoms with Gasteiger partial charge in [-0.2, -0.15) is 0 Å². The lowest BCUT2D eigenvalue weighted by molar-refractivity contribution is -0.142. The lowest BCUT2D eigenvalue weighted by atomic mass is 10.0. The number of rotatable bonds is 4. The smallest absolute Gasteiger partial charge is 0.326 e. The third kappa shape index (κ3) is 1.44. The van der Waals surface area contributed by atoms with Crippen LogP contribution < -0.4 is 5.32 Å². The molecule has 0 radical (unpaired) electrons. The molecule has 2 bridgehead atoms. The van der Waals surface area contributed by atoms with Gasteiger partial charge in [0.1, 0.15) is 6.04 Å². The van der Waals surface area contributed by atoms with Gasteiger partial charge in [-0.3, -0.25) is 4.79 Å². The molecule has 0 aromatic heterocycles. The SMILES string of the molecule is O=C(O)C(NC(=O)C1C2C3CCC(C3)C12)C1CC1.